The molecule has 0 radical (unpaired) electrons. The number of carbonyl (C=O) groups excluding carboxylic acids is 1. The Labute approximate surface area is 107 Å². The van der Waals surface area contributed by atoms with Gasteiger partial charge < -0.3 is 5.32 Å². The maximum absolute atomic E-state index is 10.7. The highest BCUT2D eigenvalue weighted by molar-refractivity contribution is 7.77. The van der Waals surface area contributed by atoms with Crippen molar-refractivity contribution >= 4 is 18.7 Å². The third kappa shape index (κ3) is 6.28. The first-order valence-corrected chi connectivity index (χ1v) is 6.01. The van der Waals surface area contributed by atoms with Gasteiger partial charge in [0.1, 0.15) is 0 Å². The van der Waals surface area contributed by atoms with Crippen LogP contribution in [0.25, 0.3) is 0 Å². The first-order valence-electron chi connectivity index (χ1n) is 5.61. The van der Waals surface area contributed by atoms with E-state index in [9.17, 15) is 4.79 Å². The lowest BCUT2D eigenvalue weighted by Crippen LogP contribution is -2.22. The lowest BCUT2D eigenvalue weighted by Gasteiger charge is -2.04. The van der Waals surface area contributed by atoms with E-state index in [1.807, 2.05) is 17.5 Å². The van der Waals surface area contributed by atoms with E-state index >= 15 is 0 Å². The molecule has 1 aromatic rings. The van der Waals surface area contributed by atoms with Gasteiger partial charge >= 0.3 is 0 Å². The number of thiol groups is 1. The van der Waals surface area contributed by atoms with Crippen LogP contribution in [0.3, 0.4) is 0 Å². The number of hydrogen-bond donors (Lipinski definition) is 2. The SMILES string of the molecule is CC(=O)NCCCn1cc(CCN(C)S)nn1. The van der Waals surface area contributed by atoms with Gasteiger partial charge in [0, 0.05) is 39.2 Å². The highest BCUT2D eigenvalue weighted by atomic mass is 32.1. The van der Waals surface area contributed by atoms with Crippen LogP contribution in [0.5, 0.6) is 0 Å². The molecule has 0 saturated heterocycles. The van der Waals surface area contributed by atoms with E-state index in [4.69, 9.17) is 0 Å². The number of nitrogens with one attached hydrogen (secondary N) is 1. The Balaban J connectivity index is 2.23. The van der Waals surface area contributed by atoms with Crippen LogP contribution in [0.4, 0.5) is 0 Å². The molecule has 0 fully saturated rings. The van der Waals surface area contributed by atoms with Crippen molar-refractivity contribution in [3.05, 3.63) is 11.9 Å². The number of likely N-dealkylation sites (N-methyl/N-ethyl adjacent to an activating group) is 1. The summed E-state index contributed by atoms with van der Waals surface area (Å²) in [4.78, 5) is 10.7. The molecule has 17 heavy (non-hydrogen) atoms. The van der Waals surface area contributed by atoms with E-state index < -0.39 is 0 Å². The Morgan fingerprint density at radius 2 is 2.41 bits per heavy atom. The second-order valence-corrected chi connectivity index (χ2v) is 4.62. The fraction of sp³-hybridized carbons (Fsp3) is 0.700. The molecule has 0 aliphatic heterocycles. The minimum absolute atomic E-state index is 0.00101. The molecule has 0 atom stereocenters. The molecule has 1 rings (SSSR count). The van der Waals surface area contributed by atoms with Crippen LogP contribution in [0, 0.1) is 0 Å². The molecule has 0 unspecified atom stereocenters. The zero-order chi connectivity index (χ0) is 12.7. The van der Waals surface area contributed by atoms with Crippen LogP contribution in [0.2, 0.25) is 0 Å². The van der Waals surface area contributed by atoms with Crippen molar-refractivity contribution in [1.29, 1.82) is 0 Å². The molecular weight excluding hydrogens is 238 g/mol. The monoisotopic (exact) mass is 257 g/mol. The molecule has 1 heterocycles. The third-order valence-electron chi connectivity index (χ3n) is 2.22. The van der Waals surface area contributed by atoms with Crippen LogP contribution in [-0.2, 0) is 17.8 Å². The summed E-state index contributed by atoms with van der Waals surface area (Å²) in [6.07, 6.45) is 3.63. The van der Waals surface area contributed by atoms with Gasteiger partial charge in [-0.15, -0.1) is 5.10 Å². The Bertz CT molecular complexity index is 352. The van der Waals surface area contributed by atoms with Crippen LogP contribution < -0.4 is 5.32 Å². The summed E-state index contributed by atoms with van der Waals surface area (Å²) in [5.41, 5.74) is 0.963. The average molecular weight is 257 g/mol. The molecule has 1 aromatic heterocycles. The maximum atomic E-state index is 10.7. The quantitative estimate of drug-likeness (QED) is 0.538. The van der Waals surface area contributed by atoms with E-state index in [1.165, 1.54) is 6.92 Å². The Morgan fingerprint density at radius 1 is 1.65 bits per heavy atom. The van der Waals surface area contributed by atoms with Crippen molar-refractivity contribution in [2.75, 3.05) is 20.1 Å². The Morgan fingerprint density at radius 3 is 3.06 bits per heavy atom. The molecule has 0 saturated carbocycles. The number of rotatable bonds is 7. The van der Waals surface area contributed by atoms with Crippen LogP contribution in [-0.4, -0.2) is 45.3 Å². The maximum Gasteiger partial charge on any atom is 0.216 e. The predicted molar refractivity (Wildman–Crippen MR) is 68.6 cm³/mol. The zero-order valence-corrected chi connectivity index (χ0v) is 11.2. The summed E-state index contributed by atoms with van der Waals surface area (Å²) in [5, 5.41) is 10.8. The summed E-state index contributed by atoms with van der Waals surface area (Å²) in [6, 6.07) is 0. The first kappa shape index (κ1) is 14.0. The molecule has 1 N–H and O–H groups in total. The normalized spacial score (nSPS) is 10.8. The smallest absolute Gasteiger partial charge is 0.216 e. The van der Waals surface area contributed by atoms with E-state index in [0.29, 0.717) is 6.54 Å². The predicted octanol–water partition coefficient (Wildman–Crippen LogP) is 0.123. The molecule has 1 amide bonds. The van der Waals surface area contributed by atoms with E-state index in [1.54, 1.807) is 4.68 Å². The summed E-state index contributed by atoms with van der Waals surface area (Å²) in [7, 11) is 1.90. The summed E-state index contributed by atoms with van der Waals surface area (Å²) in [5.74, 6) is 0.00101. The lowest BCUT2D eigenvalue weighted by molar-refractivity contribution is -0.118. The van der Waals surface area contributed by atoms with E-state index in [-0.39, 0.29) is 5.91 Å². The van der Waals surface area contributed by atoms with Gasteiger partial charge in [-0.3, -0.25) is 13.8 Å². The number of aromatic nitrogens is 3. The molecule has 0 aliphatic carbocycles. The van der Waals surface area contributed by atoms with Crippen LogP contribution >= 0.6 is 12.8 Å². The largest absolute Gasteiger partial charge is 0.356 e. The van der Waals surface area contributed by atoms with Crippen molar-refractivity contribution in [2.24, 2.45) is 0 Å². The Kier molecular flexibility index (Phi) is 5.99. The fourth-order valence-electron chi connectivity index (χ4n) is 1.34. The number of amides is 1. The summed E-state index contributed by atoms with van der Waals surface area (Å²) in [6.45, 7) is 3.79. The molecule has 0 bridgehead atoms. The van der Waals surface area contributed by atoms with Crippen molar-refractivity contribution in [1.82, 2.24) is 24.6 Å². The van der Waals surface area contributed by atoms with Gasteiger partial charge in [0.2, 0.25) is 5.91 Å². The second kappa shape index (κ2) is 7.29. The summed E-state index contributed by atoms with van der Waals surface area (Å²) >= 11 is 4.16. The van der Waals surface area contributed by atoms with Gasteiger partial charge in [-0.2, -0.15) is 0 Å². The fourth-order valence-corrected chi connectivity index (χ4v) is 1.44. The van der Waals surface area contributed by atoms with Gasteiger partial charge in [-0.05, 0) is 13.5 Å². The number of carbonyl (C=O) groups is 1. The van der Waals surface area contributed by atoms with E-state index in [2.05, 4.69) is 28.4 Å². The van der Waals surface area contributed by atoms with Gasteiger partial charge in [0.25, 0.3) is 0 Å². The van der Waals surface area contributed by atoms with Crippen LogP contribution in [0.15, 0.2) is 6.20 Å². The van der Waals surface area contributed by atoms with E-state index in [0.717, 1.165) is 31.6 Å². The van der Waals surface area contributed by atoms with Crippen molar-refractivity contribution in [3.8, 4) is 0 Å². The molecular formula is C10H19N5OS. The summed E-state index contributed by atoms with van der Waals surface area (Å²) < 4.78 is 3.62. The zero-order valence-electron chi connectivity index (χ0n) is 10.3. The van der Waals surface area contributed by atoms with Crippen molar-refractivity contribution < 1.29 is 4.79 Å². The number of hydrogen-bond acceptors (Lipinski definition) is 5. The van der Waals surface area contributed by atoms with Crippen LogP contribution in [0.1, 0.15) is 19.0 Å². The molecule has 6 nitrogen and oxygen atoms in total. The van der Waals surface area contributed by atoms with Gasteiger partial charge in [-0.25, -0.2) is 0 Å². The second-order valence-electron chi connectivity index (χ2n) is 3.94. The van der Waals surface area contributed by atoms with Gasteiger partial charge in [-0.1, -0.05) is 18.0 Å². The average Bonchev–Trinajstić information content (AvgIpc) is 2.69. The Hall–Kier alpha value is -1.08. The highest BCUT2D eigenvalue weighted by Gasteiger charge is 2.01. The third-order valence-corrected chi connectivity index (χ3v) is 2.42. The highest BCUT2D eigenvalue weighted by Crippen LogP contribution is 1.98. The standard InChI is InChI=1S/C10H19N5OS/c1-9(16)11-5-3-6-15-8-10(12-13-15)4-7-14(2)17/h8,17H,3-7H2,1-2H3,(H,11,16). The molecule has 7 heteroatoms. The van der Waals surface area contributed by atoms with Gasteiger partial charge in [0.05, 0.1) is 5.69 Å². The molecule has 96 valence electrons. The lowest BCUT2D eigenvalue weighted by atomic mass is 10.3. The minimum atomic E-state index is 0.00101. The molecule has 0 aromatic carbocycles. The molecule has 0 spiro atoms. The first-order chi connectivity index (χ1) is 8.08. The van der Waals surface area contributed by atoms with Crippen molar-refractivity contribution in [3.63, 3.8) is 0 Å². The molecule has 0 aliphatic rings. The number of aryl methyl sites for hydroxylation is 1. The van der Waals surface area contributed by atoms with Gasteiger partial charge in [0.15, 0.2) is 0 Å². The minimum Gasteiger partial charge on any atom is -0.356 e. The van der Waals surface area contributed by atoms with Crippen molar-refractivity contribution in [2.45, 2.75) is 26.3 Å². The number of nitrogens with zero attached hydrogens (tertiary/aromatic N) is 4. The topological polar surface area (TPSA) is 63.1 Å².